The van der Waals surface area contributed by atoms with Crippen LogP contribution in [0.5, 0.6) is 0 Å². The summed E-state index contributed by atoms with van der Waals surface area (Å²) in [6.07, 6.45) is 7.78. The second-order valence-corrected chi connectivity index (χ2v) is 6.94. The number of aromatic nitrogens is 1. The minimum atomic E-state index is -0.114. The quantitative estimate of drug-likeness (QED) is 0.796. The highest BCUT2D eigenvalue weighted by molar-refractivity contribution is 9.10. The highest BCUT2D eigenvalue weighted by atomic mass is 79.9. The van der Waals surface area contributed by atoms with Crippen molar-refractivity contribution in [3.63, 3.8) is 0 Å². The molecule has 2 atom stereocenters. The number of hydrogen-bond acceptors (Lipinski definition) is 2. The lowest BCUT2D eigenvalue weighted by atomic mass is 9.77. The predicted molar refractivity (Wildman–Crippen MR) is 83.6 cm³/mol. The van der Waals surface area contributed by atoms with Crippen LogP contribution in [0.1, 0.15) is 43.0 Å². The summed E-state index contributed by atoms with van der Waals surface area (Å²) in [4.78, 5) is 16.4. The van der Waals surface area contributed by atoms with Gasteiger partial charge in [-0.3, -0.25) is 9.78 Å². The molecule has 104 valence electrons. The molecular formula is C14H18Br2N2O. The summed E-state index contributed by atoms with van der Waals surface area (Å²) in [7, 11) is 0. The molecular weight excluding hydrogens is 372 g/mol. The summed E-state index contributed by atoms with van der Waals surface area (Å²) >= 11 is 6.92. The third kappa shape index (κ3) is 3.78. The van der Waals surface area contributed by atoms with Gasteiger partial charge in [-0.25, -0.2) is 0 Å². The number of hydrogen-bond donors (Lipinski definition) is 1. The zero-order chi connectivity index (χ0) is 13.9. The van der Waals surface area contributed by atoms with E-state index in [1.54, 1.807) is 18.5 Å². The topological polar surface area (TPSA) is 42.0 Å². The Morgan fingerprint density at radius 3 is 3.00 bits per heavy atom. The molecule has 1 N–H and O–H groups in total. The average molecular weight is 390 g/mol. The van der Waals surface area contributed by atoms with Gasteiger partial charge in [0.2, 0.25) is 0 Å². The van der Waals surface area contributed by atoms with Crippen LogP contribution in [0.3, 0.4) is 0 Å². The molecule has 1 aliphatic rings. The first-order valence-electron chi connectivity index (χ1n) is 6.54. The Bertz CT molecular complexity index is 467. The molecule has 0 spiro atoms. The van der Waals surface area contributed by atoms with Crippen LogP contribution in [0.2, 0.25) is 0 Å². The monoisotopic (exact) mass is 388 g/mol. The Morgan fingerprint density at radius 1 is 1.58 bits per heavy atom. The van der Waals surface area contributed by atoms with Crippen molar-refractivity contribution in [3.8, 4) is 0 Å². The molecule has 1 amide bonds. The van der Waals surface area contributed by atoms with Crippen molar-refractivity contribution < 1.29 is 4.79 Å². The van der Waals surface area contributed by atoms with Gasteiger partial charge >= 0.3 is 0 Å². The van der Waals surface area contributed by atoms with E-state index in [1.165, 1.54) is 12.8 Å². The Morgan fingerprint density at radius 2 is 2.37 bits per heavy atom. The van der Waals surface area contributed by atoms with Crippen LogP contribution in [0.25, 0.3) is 0 Å². The smallest absolute Gasteiger partial charge is 0.253 e. The summed E-state index contributed by atoms with van der Waals surface area (Å²) in [5.41, 5.74) is 0.491. The highest BCUT2D eigenvalue weighted by Gasteiger charge is 2.35. The van der Waals surface area contributed by atoms with Crippen molar-refractivity contribution in [2.24, 2.45) is 5.92 Å². The van der Waals surface area contributed by atoms with Crippen molar-refractivity contribution in [2.75, 3.05) is 5.33 Å². The molecule has 2 unspecified atom stereocenters. The molecule has 1 aliphatic carbocycles. The molecule has 2 rings (SSSR count). The highest BCUT2D eigenvalue weighted by Crippen LogP contribution is 2.33. The summed E-state index contributed by atoms with van der Waals surface area (Å²) in [6.45, 7) is 2.25. The number of halogens is 2. The molecule has 1 heterocycles. The largest absolute Gasteiger partial charge is 0.346 e. The van der Waals surface area contributed by atoms with Gasteiger partial charge in [-0.2, -0.15) is 0 Å². The number of alkyl halides is 1. The van der Waals surface area contributed by atoms with Crippen molar-refractivity contribution in [2.45, 2.75) is 38.1 Å². The van der Waals surface area contributed by atoms with Gasteiger partial charge in [0.1, 0.15) is 0 Å². The molecule has 1 fully saturated rings. The molecule has 0 saturated heterocycles. The van der Waals surface area contributed by atoms with E-state index in [4.69, 9.17) is 0 Å². The van der Waals surface area contributed by atoms with Gasteiger partial charge in [0.15, 0.2) is 0 Å². The standard InChI is InChI=1S/C14H18Br2N2O/c1-10-3-2-4-14(6-10,9-15)18-13(19)11-5-12(16)8-17-7-11/h5,7-8,10H,2-4,6,9H2,1H3,(H,18,19). The second kappa shape index (κ2) is 6.35. The van der Waals surface area contributed by atoms with Crippen LogP contribution in [-0.4, -0.2) is 21.8 Å². The maximum Gasteiger partial charge on any atom is 0.253 e. The first kappa shape index (κ1) is 15.0. The number of amides is 1. The van der Waals surface area contributed by atoms with Crippen molar-refractivity contribution in [1.82, 2.24) is 10.3 Å². The van der Waals surface area contributed by atoms with E-state index in [0.717, 1.165) is 22.6 Å². The van der Waals surface area contributed by atoms with Crippen LogP contribution < -0.4 is 5.32 Å². The number of nitrogens with one attached hydrogen (secondary N) is 1. The SMILES string of the molecule is CC1CCCC(CBr)(NC(=O)c2cncc(Br)c2)C1. The van der Waals surface area contributed by atoms with Gasteiger partial charge < -0.3 is 5.32 Å². The first-order valence-corrected chi connectivity index (χ1v) is 8.45. The fraction of sp³-hybridized carbons (Fsp3) is 0.571. The molecule has 0 aromatic carbocycles. The zero-order valence-electron chi connectivity index (χ0n) is 11.0. The first-order chi connectivity index (χ1) is 9.04. The molecule has 19 heavy (non-hydrogen) atoms. The molecule has 1 saturated carbocycles. The van der Waals surface area contributed by atoms with E-state index in [0.29, 0.717) is 11.5 Å². The lowest BCUT2D eigenvalue weighted by Gasteiger charge is -2.39. The summed E-state index contributed by atoms with van der Waals surface area (Å²) < 4.78 is 0.824. The van der Waals surface area contributed by atoms with Gasteiger partial charge in [0.05, 0.1) is 11.1 Å². The van der Waals surface area contributed by atoms with Gasteiger partial charge in [0, 0.05) is 22.2 Å². The molecule has 0 bridgehead atoms. The lowest BCUT2D eigenvalue weighted by Crippen LogP contribution is -2.52. The van der Waals surface area contributed by atoms with Crippen LogP contribution in [0.4, 0.5) is 0 Å². The third-order valence-corrected chi connectivity index (χ3v) is 5.20. The maximum absolute atomic E-state index is 12.3. The van der Waals surface area contributed by atoms with Crippen molar-refractivity contribution >= 4 is 37.8 Å². The summed E-state index contributed by atoms with van der Waals surface area (Å²) in [6, 6.07) is 1.80. The molecule has 5 heteroatoms. The van der Waals surface area contributed by atoms with Crippen LogP contribution in [0, 0.1) is 5.92 Å². The Hall–Kier alpha value is -0.420. The van der Waals surface area contributed by atoms with Gasteiger partial charge in [-0.15, -0.1) is 0 Å². The minimum Gasteiger partial charge on any atom is -0.346 e. The number of carbonyl (C=O) groups excluding carboxylic acids is 1. The summed E-state index contributed by atoms with van der Waals surface area (Å²) in [5.74, 6) is 0.620. The van der Waals surface area contributed by atoms with Crippen LogP contribution in [0.15, 0.2) is 22.9 Å². The number of nitrogens with zero attached hydrogens (tertiary/aromatic N) is 1. The number of rotatable bonds is 3. The fourth-order valence-electron chi connectivity index (χ4n) is 2.78. The molecule has 1 aromatic rings. The Labute approximate surface area is 130 Å². The van der Waals surface area contributed by atoms with Crippen LogP contribution >= 0.6 is 31.9 Å². The van der Waals surface area contributed by atoms with Gasteiger partial charge in [-0.05, 0) is 40.8 Å². The zero-order valence-corrected chi connectivity index (χ0v) is 14.1. The van der Waals surface area contributed by atoms with Crippen molar-refractivity contribution in [1.29, 1.82) is 0 Å². The average Bonchev–Trinajstić information content (AvgIpc) is 2.38. The van der Waals surface area contributed by atoms with Gasteiger partial charge in [-0.1, -0.05) is 35.7 Å². The maximum atomic E-state index is 12.3. The van der Waals surface area contributed by atoms with E-state index < -0.39 is 0 Å². The van der Waals surface area contributed by atoms with E-state index >= 15 is 0 Å². The molecule has 3 nitrogen and oxygen atoms in total. The molecule has 0 aliphatic heterocycles. The Balaban J connectivity index is 2.12. The normalized spacial score (nSPS) is 27.0. The molecule has 0 radical (unpaired) electrons. The lowest BCUT2D eigenvalue weighted by molar-refractivity contribution is 0.0869. The van der Waals surface area contributed by atoms with E-state index in [2.05, 4.69) is 49.1 Å². The van der Waals surface area contributed by atoms with E-state index in [1.807, 2.05) is 0 Å². The number of carbonyl (C=O) groups is 1. The van der Waals surface area contributed by atoms with E-state index in [-0.39, 0.29) is 11.4 Å². The van der Waals surface area contributed by atoms with Crippen molar-refractivity contribution in [3.05, 3.63) is 28.5 Å². The Kier molecular flexibility index (Phi) is 5.01. The second-order valence-electron chi connectivity index (χ2n) is 5.46. The fourth-order valence-corrected chi connectivity index (χ4v) is 3.79. The summed E-state index contributed by atoms with van der Waals surface area (Å²) in [5, 5.41) is 4.01. The molecule has 1 aromatic heterocycles. The third-order valence-electron chi connectivity index (χ3n) is 3.69. The van der Waals surface area contributed by atoms with Crippen LogP contribution in [-0.2, 0) is 0 Å². The van der Waals surface area contributed by atoms with E-state index in [9.17, 15) is 4.79 Å². The van der Waals surface area contributed by atoms with Gasteiger partial charge in [0.25, 0.3) is 5.91 Å². The predicted octanol–water partition coefficient (Wildman–Crippen LogP) is 3.92. The minimum absolute atomic E-state index is 0.0395. The number of pyridine rings is 1.